The van der Waals surface area contributed by atoms with Gasteiger partial charge in [-0.1, -0.05) is 12.1 Å². The molecule has 0 aliphatic rings. The summed E-state index contributed by atoms with van der Waals surface area (Å²) in [7, 11) is 0. The van der Waals surface area contributed by atoms with Crippen LogP contribution in [0.3, 0.4) is 0 Å². The minimum absolute atomic E-state index is 0.109. The van der Waals surface area contributed by atoms with Gasteiger partial charge in [-0.15, -0.1) is 0 Å². The average molecular weight is 264 g/mol. The maximum Gasteiger partial charge on any atom is 0.119 e. The fourth-order valence-electron chi connectivity index (χ4n) is 1.68. The molecule has 0 saturated carbocycles. The molecule has 98 valence electrons. The predicted octanol–water partition coefficient (Wildman–Crippen LogP) is 2.54. The van der Waals surface area contributed by atoms with Crippen molar-refractivity contribution < 1.29 is 9.84 Å². The van der Waals surface area contributed by atoms with Crippen LogP contribution >= 0.6 is 0 Å². The Morgan fingerprint density at radius 2 is 1.40 bits per heavy atom. The molecule has 2 rings (SSSR count). The third-order valence-corrected chi connectivity index (χ3v) is 2.82. The molecule has 0 heterocycles. The van der Waals surface area contributed by atoms with Gasteiger partial charge in [0.25, 0.3) is 0 Å². The molecule has 0 radical (unpaired) electrons. The third-order valence-electron chi connectivity index (χ3n) is 2.82. The van der Waals surface area contributed by atoms with Crippen molar-refractivity contribution in [3.8, 4) is 17.9 Å². The molecule has 0 aromatic heterocycles. The Labute approximate surface area is 117 Å². The molecule has 1 unspecified atom stereocenters. The van der Waals surface area contributed by atoms with E-state index in [-0.39, 0.29) is 6.61 Å². The zero-order valence-electron chi connectivity index (χ0n) is 10.7. The van der Waals surface area contributed by atoms with Crippen LogP contribution in [0, 0.1) is 22.7 Å². The van der Waals surface area contributed by atoms with Crippen LogP contribution in [-0.4, -0.2) is 11.7 Å². The highest BCUT2D eigenvalue weighted by atomic mass is 16.5. The van der Waals surface area contributed by atoms with Crippen LogP contribution in [0.25, 0.3) is 0 Å². The molecule has 0 spiro atoms. The summed E-state index contributed by atoms with van der Waals surface area (Å²) in [4.78, 5) is 0. The number of aliphatic hydroxyl groups excluding tert-OH is 1. The molecule has 20 heavy (non-hydrogen) atoms. The zero-order chi connectivity index (χ0) is 14.4. The average Bonchev–Trinajstić information content (AvgIpc) is 2.53. The number of hydrogen-bond acceptors (Lipinski definition) is 4. The number of nitriles is 2. The van der Waals surface area contributed by atoms with Crippen molar-refractivity contribution in [2.45, 2.75) is 6.10 Å². The fraction of sp³-hybridized carbons (Fsp3) is 0.125. The second kappa shape index (κ2) is 6.38. The number of aliphatic hydroxyl groups is 1. The Morgan fingerprint density at radius 1 is 0.900 bits per heavy atom. The van der Waals surface area contributed by atoms with E-state index in [1.54, 1.807) is 48.5 Å². The summed E-state index contributed by atoms with van der Waals surface area (Å²) >= 11 is 0. The molecule has 4 heteroatoms. The first-order valence-corrected chi connectivity index (χ1v) is 6.04. The molecule has 0 saturated heterocycles. The van der Waals surface area contributed by atoms with E-state index in [1.807, 2.05) is 12.1 Å². The molecular weight excluding hydrogens is 252 g/mol. The molecule has 1 atom stereocenters. The molecule has 0 bridgehead atoms. The lowest BCUT2D eigenvalue weighted by atomic mass is 10.1. The highest BCUT2D eigenvalue weighted by molar-refractivity contribution is 5.35. The van der Waals surface area contributed by atoms with E-state index in [2.05, 4.69) is 0 Å². The van der Waals surface area contributed by atoms with E-state index < -0.39 is 6.10 Å². The smallest absolute Gasteiger partial charge is 0.119 e. The number of rotatable bonds is 4. The first-order chi connectivity index (χ1) is 9.72. The maximum absolute atomic E-state index is 9.99. The van der Waals surface area contributed by atoms with Gasteiger partial charge in [0.1, 0.15) is 18.5 Å². The summed E-state index contributed by atoms with van der Waals surface area (Å²) in [6.07, 6.45) is -0.765. The van der Waals surface area contributed by atoms with Crippen LogP contribution < -0.4 is 4.74 Å². The lowest BCUT2D eigenvalue weighted by molar-refractivity contribution is 0.108. The van der Waals surface area contributed by atoms with Crippen molar-refractivity contribution >= 4 is 0 Å². The monoisotopic (exact) mass is 264 g/mol. The van der Waals surface area contributed by atoms with Gasteiger partial charge in [0.2, 0.25) is 0 Å². The van der Waals surface area contributed by atoms with Gasteiger partial charge >= 0.3 is 0 Å². The predicted molar refractivity (Wildman–Crippen MR) is 72.8 cm³/mol. The van der Waals surface area contributed by atoms with Gasteiger partial charge < -0.3 is 9.84 Å². The summed E-state index contributed by atoms with van der Waals surface area (Å²) in [5.41, 5.74) is 1.80. The van der Waals surface area contributed by atoms with Crippen molar-refractivity contribution in [3.05, 3.63) is 65.2 Å². The third kappa shape index (κ3) is 3.35. The van der Waals surface area contributed by atoms with Gasteiger partial charge in [-0.25, -0.2) is 0 Å². The van der Waals surface area contributed by atoms with E-state index in [1.165, 1.54) is 0 Å². The first kappa shape index (κ1) is 13.6. The summed E-state index contributed by atoms with van der Waals surface area (Å²) < 4.78 is 5.45. The Morgan fingerprint density at radius 3 is 1.90 bits per heavy atom. The van der Waals surface area contributed by atoms with Crippen molar-refractivity contribution in [2.24, 2.45) is 0 Å². The van der Waals surface area contributed by atoms with Gasteiger partial charge in [0, 0.05) is 0 Å². The molecule has 0 fully saturated rings. The lowest BCUT2D eigenvalue weighted by Crippen LogP contribution is -2.09. The summed E-state index contributed by atoms with van der Waals surface area (Å²) in [6, 6.07) is 17.4. The van der Waals surface area contributed by atoms with E-state index in [0.29, 0.717) is 22.4 Å². The Hall–Kier alpha value is -2.82. The summed E-state index contributed by atoms with van der Waals surface area (Å²) in [6.45, 7) is 0.109. The zero-order valence-corrected chi connectivity index (χ0v) is 10.7. The Balaban J connectivity index is 1.95. The SMILES string of the molecule is N#Cc1ccc(OCC(O)c2ccc(C#N)cc2)cc1. The fourth-order valence-corrected chi connectivity index (χ4v) is 1.68. The van der Waals surface area contributed by atoms with E-state index in [0.717, 1.165) is 0 Å². The molecule has 1 N–H and O–H groups in total. The second-order valence-electron chi connectivity index (χ2n) is 4.20. The number of ether oxygens (including phenoxy) is 1. The maximum atomic E-state index is 9.99. The standard InChI is InChI=1S/C16H12N2O2/c17-9-12-1-5-14(6-2-12)16(19)11-20-15-7-3-13(10-18)4-8-15/h1-8,16,19H,11H2. The summed E-state index contributed by atoms with van der Waals surface area (Å²) in [5.74, 6) is 0.594. The van der Waals surface area contributed by atoms with Crippen molar-refractivity contribution in [2.75, 3.05) is 6.61 Å². The number of nitrogens with zero attached hydrogens (tertiary/aromatic N) is 2. The van der Waals surface area contributed by atoms with Crippen molar-refractivity contribution in [3.63, 3.8) is 0 Å². The van der Waals surface area contributed by atoms with Crippen LogP contribution in [0.5, 0.6) is 5.75 Å². The largest absolute Gasteiger partial charge is 0.491 e. The van der Waals surface area contributed by atoms with Crippen LogP contribution in [0.1, 0.15) is 22.8 Å². The van der Waals surface area contributed by atoms with Gasteiger partial charge in [-0.2, -0.15) is 10.5 Å². The highest BCUT2D eigenvalue weighted by Crippen LogP contribution is 2.17. The Kier molecular flexibility index (Phi) is 4.34. The highest BCUT2D eigenvalue weighted by Gasteiger charge is 2.08. The molecule has 2 aromatic rings. The normalized spacial score (nSPS) is 11.2. The van der Waals surface area contributed by atoms with Crippen LogP contribution in [0.15, 0.2) is 48.5 Å². The molecule has 0 aliphatic carbocycles. The van der Waals surface area contributed by atoms with Gasteiger partial charge in [0.05, 0.1) is 23.3 Å². The molecular formula is C16H12N2O2. The minimum atomic E-state index is -0.765. The van der Waals surface area contributed by atoms with Crippen molar-refractivity contribution in [1.29, 1.82) is 10.5 Å². The molecule has 0 aliphatic heterocycles. The van der Waals surface area contributed by atoms with Crippen molar-refractivity contribution in [1.82, 2.24) is 0 Å². The van der Waals surface area contributed by atoms with Gasteiger partial charge in [-0.05, 0) is 42.0 Å². The Bertz CT molecular complexity index is 649. The minimum Gasteiger partial charge on any atom is -0.491 e. The quantitative estimate of drug-likeness (QED) is 0.920. The van der Waals surface area contributed by atoms with E-state index >= 15 is 0 Å². The van der Waals surface area contributed by atoms with Gasteiger partial charge in [0.15, 0.2) is 0 Å². The second-order valence-corrected chi connectivity index (χ2v) is 4.20. The molecule has 4 nitrogen and oxygen atoms in total. The van der Waals surface area contributed by atoms with E-state index in [4.69, 9.17) is 15.3 Å². The lowest BCUT2D eigenvalue weighted by Gasteiger charge is -2.12. The first-order valence-electron chi connectivity index (χ1n) is 6.04. The summed E-state index contributed by atoms with van der Waals surface area (Å²) in [5, 5.41) is 27.4. The van der Waals surface area contributed by atoms with E-state index in [9.17, 15) is 5.11 Å². The van der Waals surface area contributed by atoms with Gasteiger partial charge in [-0.3, -0.25) is 0 Å². The van der Waals surface area contributed by atoms with Crippen LogP contribution in [-0.2, 0) is 0 Å². The number of benzene rings is 2. The molecule has 2 aromatic carbocycles. The number of hydrogen-bond donors (Lipinski definition) is 1. The molecule has 0 amide bonds. The topological polar surface area (TPSA) is 77.0 Å². The van der Waals surface area contributed by atoms with Crippen LogP contribution in [0.2, 0.25) is 0 Å². The van der Waals surface area contributed by atoms with Crippen LogP contribution in [0.4, 0.5) is 0 Å².